The molecule has 1 aliphatic rings. The van der Waals surface area contributed by atoms with Crippen LogP contribution >= 0.6 is 0 Å². The molecule has 0 spiro atoms. The zero-order valence-corrected chi connectivity index (χ0v) is 13.1. The van der Waals surface area contributed by atoms with Crippen LogP contribution in [0.25, 0.3) is 11.5 Å². The summed E-state index contributed by atoms with van der Waals surface area (Å²) >= 11 is 0. The van der Waals surface area contributed by atoms with Crippen molar-refractivity contribution in [3.05, 3.63) is 66.4 Å². The second-order valence-corrected chi connectivity index (χ2v) is 5.83. The standard InChI is InChI=1S/C18H17FN4O/c19-15-7-1-2-8-16(15)23-17(21-9-3-4-10-21)14(13-20-23)18(24)22-11-5-6-12-22/h1-4,7-10,13H,5-6,11-12H2. The van der Waals surface area contributed by atoms with Gasteiger partial charge in [0.2, 0.25) is 0 Å². The molecule has 122 valence electrons. The minimum atomic E-state index is -0.380. The molecule has 1 amide bonds. The minimum absolute atomic E-state index is 0.0567. The van der Waals surface area contributed by atoms with Gasteiger partial charge in [-0.15, -0.1) is 0 Å². The van der Waals surface area contributed by atoms with Crippen molar-refractivity contribution in [1.82, 2.24) is 19.2 Å². The molecule has 1 saturated heterocycles. The largest absolute Gasteiger partial charge is 0.338 e. The summed E-state index contributed by atoms with van der Waals surface area (Å²) in [7, 11) is 0. The van der Waals surface area contributed by atoms with Gasteiger partial charge in [-0.1, -0.05) is 12.1 Å². The zero-order valence-electron chi connectivity index (χ0n) is 13.1. The fourth-order valence-corrected chi connectivity index (χ4v) is 3.11. The molecule has 0 N–H and O–H groups in total. The van der Waals surface area contributed by atoms with Gasteiger partial charge in [-0.05, 0) is 37.1 Å². The van der Waals surface area contributed by atoms with Gasteiger partial charge in [0, 0.05) is 25.5 Å². The summed E-state index contributed by atoms with van der Waals surface area (Å²) in [6, 6.07) is 10.2. The third-order valence-corrected chi connectivity index (χ3v) is 4.30. The number of para-hydroxylation sites is 1. The van der Waals surface area contributed by atoms with Crippen LogP contribution in [0.5, 0.6) is 0 Å². The molecule has 0 aliphatic carbocycles. The number of hydrogen-bond donors (Lipinski definition) is 0. The number of benzene rings is 1. The van der Waals surface area contributed by atoms with Gasteiger partial charge in [0.1, 0.15) is 17.1 Å². The number of rotatable bonds is 3. The summed E-state index contributed by atoms with van der Waals surface area (Å²) in [6.45, 7) is 1.52. The van der Waals surface area contributed by atoms with Gasteiger partial charge >= 0.3 is 0 Å². The molecular weight excluding hydrogens is 307 g/mol. The Morgan fingerprint density at radius 1 is 1.04 bits per heavy atom. The van der Waals surface area contributed by atoms with Crippen LogP contribution in [-0.4, -0.2) is 38.2 Å². The van der Waals surface area contributed by atoms with E-state index < -0.39 is 0 Å². The second kappa shape index (κ2) is 5.96. The normalized spacial score (nSPS) is 14.3. The van der Waals surface area contributed by atoms with Gasteiger partial charge in [0.25, 0.3) is 5.91 Å². The summed E-state index contributed by atoms with van der Waals surface area (Å²) in [4.78, 5) is 14.7. The fourth-order valence-electron chi connectivity index (χ4n) is 3.11. The van der Waals surface area contributed by atoms with Gasteiger partial charge < -0.3 is 9.47 Å². The number of nitrogens with zero attached hydrogens (tertiary/aromatic N) is 4. The Morgan fingerprint density at radius 2 is 1.75 bits per heavy atom. The molecule has 0 saturated carbocycles. The van der Waals surface area contributed by atoms with Crippen LogP contribution in [0.15, 0.2) is 55.0 Å². The van der Waals surface area contributed by atoms with Crippen molar-refractivity contribution in [1.29, 1.82) is 0 Å². The number of likely N-dealkylation sites (tertiary alicyclic amines) is 1. The molecule has 1 aromatic carbocycles. The van der Waals surface area contributed by atoms with Crippen molar-refractivity contribution in [3.63, 3.8) is 0 Å². The van der Waals surface area contributed by atoms with Crippen LogP contribution in [0.1, 0.15) is 23.2 Å². The third-order valence-electron chi connectivity index (χ3n) is 4.30. The molecule has 0 bridgehead atoms. The minimum Gasteiger partial charge on any atom is -0.338 e. The monoisotopic (exact) mass is 324 g/mol. The average Bonchev–Trinajstić information content (AvgIpc) is 3.34. The molecular formula is C18H17FN4O. The molecule has 24 heavy (non-hydrogen) atoms. The quantitative estimate of drug-likeness (QED) is 0.743. The predicted octanol–water partition coefficient (Wildman–Crippen LogP) is 3.04. The highest BCUT2D eigenvalue weighted by Gasteiger charge is 2.26. The molecule has 1 fully saturated rings. The van der Waals surface area contributed by atoms with Crippen LogP contribution in [0.3, 0.4) is 0 Å². The molecule has 0 unspecified atom stereocenters. The van der Waals surface area contributed by atoms with E-state index in [0.29, 0.717) is 17.1 Å². The lowest BCUT2D eigenvalue weighted by Gasteiger charge is -2.16. The van der Waals surface area contributed by atoms with Gasteiger partial charge in [-0.3, -0.25) is 4.79 Å². The summed E-state index contributed by atoms with van der Waals surface area (Å²) in [6.07, 6.45) is 7.23. The molecule has 1 aliphatic heterocycles. The van der Waals surface area contributed by atoms with Gasteiger partial charge in [0.15, 0.2) is 5.82 Å². The van der Waals surface area contributed by atoms with Crippen molar-refractivity contribution < 1.29 is 9.18 Å². The smallest absolute Gasteiger partial charge is 0.259 e. The number of hydrogen-bond acceptors (Lipinski definition) is 2. The van der Waals surface area contributed by atoms with E-state index in [1.165, 1.54) is 16.9 Å². The van der Waals surface area contributed by atoms with Crippen LogP contribution in [-0.2, 0) is 0 Å². The number of carbonyl (C=O) groups excluding carboxylic acids is 1. The number of amides is 1. The van der Waals surface area contributed by atoms with E-state index in [4.69, 9.17) is 0 Å². The molecule has 6 heteroatoms. The SMILES string of the molecule is O=C(c1cnn(-c2ccccc2F)c1-n1cccc1)N1CCCC1. The van der Waals surface area contributed by atoms with Crippen molar-refractivity contribution in [2.45, 2.75) is 12.8 Å². The fraction of sp³-hybridized carbons (Fsp3) is 0.222. The Bertz CT molecular complexity index is 863. The topological polar surface area (TPSA) is 43.1 Å². The number of halogens is 1. The summed E-state index contributed by atoms with van der Waals surface area (Å²) in [5.41, 5.74) is 0.804. The molecule has 0 radical (unpaired) electrons. The number of aromatic nitrogens is 3. The summed E-state index contributed by atoms with van der Waals surface area (Å²) in [5, 5.41) is 4.30. The lowest BCUT2D eigenvalue weighted by molar-refractivity contribution is 0.0793. The van der Waals surface area contributed by atoms with E-state index in [9.17, 15) is 9.18 Å². The second-order valence-electron chi connectivity index (χ2n) is 5.83. The zero-order chi connectivity index (χ0) is 16.5. The van der Waals surface area contributed by atoms with Crippen LogP contribution < -0.4 is 0 Å². The number of carbonyl (C=O) groups is 1. The van der Waals surface area contributed by atoms with Crippen LogP contribution in [0, 0.1) is 5.82 Å². The summed E-state index contributed by atoms with van der Waals surface area (Å²) < 4.78 is 17.5. The third kappa shape index (κ3) is 2.40. The Labute approximate surface area is 138 Å². The lowest BCUT2D eigenvalue weighted by atomic mass is 10.2. The van der Waals surface area contributed by atoms with Crippen molar-refractivity contribution >= 4 is 5.91 Å². The lowest BCUT2D eigenvalue weighted by Crippen LogP contribution is -2.28. The molecule has 3 heterocycles. The molecule has 3 aromatic rings. The highest BCUT2D eigenvalue weighted by molar-refractivity contribution is 5.97. The Kier molecular flexibility index (Phi) is 3.65. The first-order valence-corrected chi connectivity index (χ1v) is 8.01. The highest BCUT2D eigenvalue weighted by atomic mass is 19.1. The van der Waals surface area contributed by atoms with E-state index in [2.05, 4.69) is 5.10 Å². The first-order chi connectivity index (χ1) is 11.8. The van der Waals surface area contributed by atoms with Gasteiger partial charge in [0.05, 0.1) is 6.20 Å². The average molecular weight is 324 g/mol. The van der Waals surface area contributed by atoms with Crippen molar-refractivity contribution in [2.75, 3.05) is 13.1 Å². The first kappa shape index (κ1) is 14.7. The van der Waals surface area contributed by atoms with Gasteiger partial charge in [-0.25, -0.2) is 9.07 Å². The van der Waals surface area contributed by atoms with E-state index in [-0.39, 0.29) is 11.7 Å². The Hall–Kier alpha value is -2.89. The predicted molar refractivity (Wildman–Crippen MR) is 88.0 cm³/mol. The maximum absolute atomic E-state index is 14.2. The van der Waals surface area contributed by atoms with Gasteiger partial charge in [-0.2, -0.15) is 5.10 Å². The van der Waals surface area contributed by atoms with Crippen LogP contribution in [0.4, 0.5) is 4.39 Å². The molecule has 4 rings (SSSR count). The van der Waals surface area contributed by atoms with E-state index in [1.807, 2.05) is 29.4 Å². The highest BCUT2D eigenvalue weighted by Crippen LogP contribution is 2.24. The summed E-state index contributed by atoms with van der Waals surface area (Å²) in [5.74, 6) is 0.120. The maximum Gasteiger partial charge on any atom is 0.259 e. The molecule has 2 aromatic heterocycles. The van der Waals surface area contributed by atoms with E-state index >= 15 is 0 Å². The molecule has 5 nitrogen and oxygen atoms in total. The van der Waals surface area contributed by atoms with E-state index in [1.54, 1.807) is 22.8 Å². The van der Waals surface area contributed by atoms with Crippen molar-refractivity contribution in [2.24, 2.45) is 0 Å². The first-order valence-electron chi connectivity index (χ1n) is 8.01. The Morgan fingerprint density at radius 3 is 2.46 bits per heavy atom. The molecule has 0 atom stereocenters. The maximum atomic E-state index is 14.2. The van der Waals surface area contributed by atoms with Crippen LogP contribution in [0.2, 0.25) is 0 Å². The van der Waals surface area contributed by atoms with Crippen molar-refractivity contribution in [3.8, 4) is 11.5 Å². The Balaban J connectivity index is 1.87. The van der Waals surface area contributed by atoms with E-state index in [0.717, 1.165) is 25.9 Å².